The van der Waals surface area contributed by atoms with E-state index in [1.54, 1.807) is 0 Å². The Labute approximate surface area is 1670 Å². The van der Waals surface area contributed by atoms with Crippen LogP contribution in [0.2, 0.25) is 0 Å². The van der Waals surface area contributed by atoms with Gasteiger partial charge in [-0.15, -0.1) is 0 Å². The van der Waals surface area contributed by atoms with E-state index in [1.165, 1.54) is 19.3 Å². The second-order valence-corrected chi connectivity index (χ2v) is 24.8. The van der Waals surface area contributed by atoms with E-state index in [-0.39, 0.29) is 1340 Å². The Kier molecular flexibility index (Phi) is 661. The van der Waals surface area contributed by atoms with E-state index < -0.39 is 0 Å². The summed E-state index contributed by atoms with van der Waals surface area (Å²) in [5, 5.41) is 0. The van der Waals surface area contributed by atoms with Crippen molar-refractivity contribution < 1.29 is 1340 Å². The zero-order valence-electron chi connectivity index (χ0n) is 72.1. The maximum Gasteiger partial charge on any atom is 0 e. The zero-order chi connectivity index (χ0) is 48.4. The van der Waals surface area contributed by atoms with Gasteiger partial charge >= 0.3 is 0 Å². The van der Waals surface area contributed by atoms with Crippen LogP contribution < -0.4 is 0 Å². The first-order valence-corrected chi connectivity index (χ1v) is 26.7. The minimum Gasteiger partial charge on any atom is -0.0651 e. The maximum atomic E-state index is 2.45. The maximum absolute atomic E-state index is 2.45. The van der Waals surface area contributed by atoms with Gasteiger partial charge in [-0.1, -0.05) is 248 Å². The topological polar surface area (TPSA) is 0 Å². The average molecular weight is 4480 g/mol. The van der Waals surface area contributed by atoms with E-state index in [2.05, 4.69) is 228 Å². The fourth-order valence-corrected chi connectivity index (χ4v) is 12.0. The average Bonchev–Trinajstić information content (AvgIpc) is 3.04. The van der Waals surface area contributed by atoms with Crippen molar-refractivity contribution in [2.45, 2.75) is 248 Å². The molecule has 3 atom stereocenters. The van der Waals surface area contributed by atoms with E-state index in [4.69, 9.17) is 0 Å². The van der Waals surface area contributed by atoms with Gasteiger partial charge in [0.05, 0.1) is 0 Å². The predicted molar refractivity (Wildman–Crippen MR) is 281 cm³/mol. The largest absolute Gasteiger partial charge is 0.0651 e. The van der Waals surface area contributed by atoms with Gasteiger partial charge in [0, 0.05) is 1340 Å². The molecule has 3 unspecified atom stereocenters. The molecule has 0 aromatic heterocycles. The summed E-state index contributed by atoms with van der Waals surface area (Å²) < 4.78 is 0. The van der Waals surface area contributed by atoms with Crippen LogP contribution in [-0.4, -0.2) is 0 Å². The molecule has 0 aliphatic heterocycles. The molecule has 487 valence electrons. The van der Waals surface area contributed by atoms with Gasteiger partial charge in [-0.2, -0.15) is 0 Å². The Balaban J connectivity index is -0.00000000787. The normalized spacial score (nSPS) is 8.64. The zero-order valence-corrected chi connectivity index (χ0v) is 188. The first kappa shape index (κ1) is 307. The van der Waals surface area contributed by atoms with Gasteiger partial charge in [0.15, 0.2) is 0 Å². The van der Waals surface area contributed by atoms with Crippen molar-refractivity contribution >= 4 is 0 Å². The van der Waals surface area contributed by atoms with Gasteiger partial charge in [0.2, 0.25) is 0 Å². The first-order valence-electron chi connectivity index (χ1n) is 26.7. The van der Waals surface area contributed by atoms with Crippen molar-refractivity contribution in [2.75, 3.05) is 0 Å². The summed E-state index contributed by atoms with van der Waals surface area (Å²) in [6, 6.07) is 0. The molecule has 41 heteroatoms. The van der Waals surface area contributed by atoms with Crippen LogP contribution >= 0.6 is 0 Å². The standard InChI is InChI=1S/C22H46.C15H32.C10H22.C8H18.C4H10.41Y/c1-13(2)19(14(3)4)22(20(15(5)6)16(7)8)21(17(9)10)18(11)12;1-8-12(6)15(13(7)9-2)14(10-3)11(4)5;1-7(2)10(8(3)4)9(5)6;1-6(2)8(5)7(3)4;1-4(2)3;;;;;;;;;;;;;;;;;;;;;;;;;;;;;;;;;;;;;;;;;/h13-22H,1-12H3;11-15H,8-10H2,1-7H3;7-10H,1-6H3;6-8H,1-5H3;4H,1-3H3;;;;;;;;;;;;;;;;;;;;;;;;;;;;;;;;;;;;;;;;;. The van der Waals surface area contributed by atoms with E-state index >= 15 is 0 Å². The van der Waals surface area contributed by atoms with Crippen LogP contribution in [0, 0.1) is 136 Å². The molecule has 41 radical (unpaired) electrons. The van der Waals surface area contributed by atoms with Crippen LogP contribution in [-0.2, 0) is 1340 Å². The SMILES string of the molecule is CC(C)C.CC(C)C(C(C)C)C(C(C(C)C)C(C)C)C(C(C)C)C(C)C.CC(C)C(C(C)C)C(C)C.CC(C)C(C)C(C)C.CCC(C)C(C(C)CC)C(CC)C(C)C.[Y].[Y].[Y].[Y].[Y].[Y].[Y].[Y].[Y].[Y].[Y].[Y].[Y].[Y].[Y].[Y].[Y].[Y].[Y].[Y].[Y].[Y].[Y].[Y].[Y].[Y].[Y].[Y].[Y].[Y].[Y].[Y].[Y].[Y].[Y].[Y].[Y].[Y].[Y].[Y].[Y]. The van der Waals surface area contributed by atoms with Crippen LogP contribution in [0.1, 0.15) is 248 Å². The molecule has 0 spiro atoms. The smallest absolute Gasteiger partial charge is 0 e. The first-order chi connectivity index (χ1) is 26.7. The fourth-order valence-electron chi connectivity index (χ4n) is 12.0. The van der Waals surface area contributed by atoms with Crippen molar-refractivity contribution in [3.05, 3.63) is 0 Å². The minimum atomic E-state index is 0. The summed E-state index contributed by atoms with van der Waals surface area (Å²) in [6.45, 7) is 78.0. The Morgan fingerprint density at radius 2 is 0.250 bits per heavy atom. The summed E-state index contributed by atoms with van der Waals surface area (Å²) in [4.78, 5) is 0. The van der Waals surface area contributed by atoms with Gasteiger partial charge in [-0.3, -0.25) is 0 Å². The Morgan fingerprint density at radius 1 is 0.130 bits per heavy atom. The second-order valence-electron chi connectivity index (χ2n) is 24.8. The molecule has 0 aliphatic carbocycles. The minimum absolute atomic E-state index is 0. The van der Waals surface area contributed by atoms with Gasteiger partial charge < -0.3 is 0 Å². The molecule has 0 aromatic rings. The quantitative estimate of drug-likeness (QED) is 0.107. The molecule has 0 nitrogen and oxygen atoms in total. The molecule has 0 N–H and O–H groups in total. The van der Waals surface area contributed by atoms with Crippen molar-refractivity contribution in [3.63, 3.8) is 0 Å². The van der Waals surface area contributed by atoms with Crippen molar-refractivity contribution in [1.82, 2.24) is 0 Å². The monoisotopic (exact) mass is 4480 g/mol. The van der Waals surface area contributed by atoms with E-state index in [1.807, 2.05) is 0 Å². The Hall–Kier alpha value is 45.3. The van der Waals surface area contributed by atoms with Gasteiger partial charge in [-0.25, -0.2) is 0 Å². The molecule has 0 heterocycles. The number of hydrogen-bond donors (Lipinski definition) is 0. The molecular formula is C59H128Y41. The number of hydrogen-bond acceptors (Lipinski definition) is 0. The molecule has 0 saturated heterocycles. The van der Waals surface area contributed by atoms with Crippen molar-refractivity contribution in [2.24, 2.45) is 136 Å². The molecule has 0 rings (SSSR count). The molecule has 0 amide bonds. The van der Waals surface area contributed by atoms with E-state index in [0.717, 1.165) is 136 Å². The third-order valence-electron chi connectivity index (χ3n) is 14.8. The molecule has 0 saturated carbocycles. The van der Waals surface area contributed by atoms with Gasteiger partial charge in [0.1, 0.15) is 0 Å². The predicted octanol–water partition coefficient (Wildman–Crippen LogP) is 20.8. The van der Waals surface area contributed by atoms with Crippen molar-refractivity contribution in [1.29, 1.82) is 0 Å². The van der Waals surface area contributed by atoms with Crippen molar-refractivity contribution in [3.8, 4) is 0 Å². The molecule has 0 aliphatic rings. The van der Waals surface area contributed by atoms with Gasteiger partial charge in [-0.05, 0) is 136 Å². The van der Waals surface area contributed by atoms with Crippen LogP contribution in [0.5, 0.6) is 0 Å². The molecule has 0 aromatic carbocycles. The Bertz CT molecular complexity index is 849. The van der Waals surface area contributed by atoms with Crippen LogP contribution in [0.15, 0.2) is 0 Å². The number of rotatable bonds is 21. The summed E-state index contributed by atoms with van der Waals surface area (Å²) >= 11 is 0. The summed E-state index contributed by atoms with van der Waals surface area (Å²) in [5.41, 5.74) is 0. The summed E-state index contributed by atoms with van der Waals surface area (Å²) in [5.74, 6) is 19.1. The summed E-state index contributed by atoms with van der Waals surface area (Å²) in [6.07, 6.45) is 4.01. The molecular weight excluding hydrogens is 4350 g/mol. The van der Waals surface area contributed by atoms with E-state index in [0.29, 0.717) is 0 Å². The third kappa shape index (κ3) is 191. The third-order valence-corrected chi connectivity index (χ3v) is 14.8. The van der Waals surface area contributed by atoms with E-state index in [9.17, 15) is 0 Å². The van der Waals surface area contributed by atoms with Crippen LogP contribution in [0.25, 0.3) is 0 Å². The van der Waals surface area contributed by atoms with Crippen LogP contribution in [0.4, 0.5) is 0 Å². The fraction of sp³-hybridized carbons (Fsp3) is 1.00. The van der Waals surface area contributed by atoms with Gasteiger partial charge in [0.25, 0.3) is 0 Å². The summed E-state index contributed by atoms with van der Waals surface area (Å²) in [7, 11) is 0. The second kappa shape index (κ2) is 215. The van der Waals surface area contributed by atoms with Crippen LogP contribution in [0.3, 0.4) is 0 Å². The molecule has 0 bridgehead atoms. The Morgan fingerprint density at radius 3 is 0.300 bits per heavy atom. The molecule has 0 fully saturated rings. The molecule has 100 heavy (non-hydrogen) atoms.